The van der Waals surface area contributed by atoms with Crippen LogP contribution >= 0.6 is 11.6 Å². The smallest absolute Gasteiger partial charge is 0.271 e. The fraction of sp³-hybridized carbons (Fsp3) is 0.357. The zero-order valence-electron chi connectivity index (χ0n) is 21.6. The Morgan fingerprint density at radius 1 is 1.23 bits per heavy atom. The molecule has 1 N–H and O–H groups in total. The van der Waals surface area contributed by atoms with E-state index in [2.05, 4.69) is 33.3 Å². The van der Waals surface area contributed by atoms with Gasteiger partial charge in [-0.15, -0.1) is 0 Å². The van der Waals surface area contributed by atoms with E-state index in [1.165, 1.54) is 0 Å². The Hall–Kier alpha value is -4.23. The first-order chi connectivity index (χ1) is 18.9. The van der Waals surface area contributed by atoms with Crippen LogP contribution in [-0.2, 0) is 0 Å². The van der Waals surface area contributed by atoms with Crippen LogP contribution in [0.5, 0.6) is 5.75 Å². The molecule has 0 radical (unpaired) electrons. The normalized spacial score (nSPS) is 22.1. The summed E-state index contributed by atoms with van der Waals surface area (Å²) in [5.41, 5.74) is 2.47. The van der Waals surface area contributed by atoms with Crippen LogP contribution in [0, 0.1) is 23.2 Å². The maximum Gasteiger partial charge on any atom is 0.271 e. The minimum absolute atomic E-state index is 0.235. The number of nitrogens with zero attached hydrogens (tertiary/aromatic N) is 7. The topological polar surface area (TPSA) is 121 Å². The second-order valence-electron chi connectivity index (χ2n) is 10.4. The van der Waals surface area contributed by atoms with Gasteiger partial charge in [0.2, 0.25) is 0 Å². The number of nitriles is 1. The van der Waals surface area contributed by atoms with Gasteiger partial charge < -0.3 is 15.0 Å². The molecule has 39 heavy (non-hydrogen) atoms. The first kappa shape index (κ1) is 25.1. The predicted molar refractivity (Wildman–Crippen MR) is 146 cm³/mol. The molecule has 2 fully saturated rings. The van der Waals surface area contributed by atoms with E-state index in [9.17, 15) is 10.1 Å². The van der Waals surface area contributed by atoms with Crippen molar-refractivity contribution in [1.82, 2.24) is 29.9 Å². The summed E-state index contributed by atoms with van der Waals surface area (Å²) < 4.78 is 7.35. The van der Waals surface area contributed by atoms with Crippen molar-refractivity contribution in [3.63, 3.8) is 0 Å². The highest BCUT2D eigenvalue weighted by Crippen LogP contribution is 2.45. The standard InChI is InChI=1S/C28H27ClN8O2/c1-3-39-20-7-21(26-19(10-30)11-34-37(26)16-20)23-12-33-24(13-32-23)36-14-17-8-28(2,9-18(17)15-36)35-27(38)25-22(29)5-4-6-31-25/h4-7,11-13,16-18H,3,8-9,14-15H2,1-2H3,(H,35,38)/t17-,18+,28+. The van der Waals surface area contributed by atoms with Crippen LogP contribution in [0.4, 0.5) is 5.82 Å². The Morgan fingerprint density at radius 3 is 2.69 bits per heavy atom. The summed E-state index contributed by atoms with van der Waals surface area (Å²) in [5.74, 6) is 2.09. The van der Waals surface area contributed by atoms with Gasteiger partial charge in [-0.3, -0.25) is 9.78 Å². The van der Waals surface area contributed by atoms with Crippen LogP contribution in [0.2, 0.25) is 5.02 Å². The van der Waals surface area contributed by atoms with Crippen molar-refractivity contribution < 1.29 is 9.53 Å². The minimum Gasteiger partial charge on any atom is -0.492 e. The van der Waals surface area contributed by atoms with Crippen LogP contribution in [-0.4, -0.2) is 55.7 Å². The quantitative estimate of drug-likeness (QED) is 0.386. The molecule has 2 aliphatic rings. The number of aromatic nitrogens is 5. The number of carbonyl (C=O) groups is 1. The van der Waals surface area contributed by atoms with E-state index < -0.39 is 0 Å². The monoisotopic (exact) mass is 542 g/mol. The molecule has 1 aliphatic heterocycles. The molecule has 4 aromatic heterocycles. The van der Waals surface area contributed by atoms with Crippen molar-refractivity contribution in [2.24, 2.45) is 11.8 Å². The van der Waals surface area contributed by atoms with Gasteiger partial charge in [0.05, 0.1) is 53.2 Å². The lowest BCUT2D eigenvalue weighted by molar-refractivity contribution is 0.0900. The van der Waals surface area contributed by atoms with Crippen LogP contribution in [0.1, 0.15) is 42.7 Å². The highest BCUT2D eigenvalue weighted by molar-refractivity contribution is 6.33. The summed E-state index contributed by atoms with van der Waals surface area (Å²) >= 11 is 6.18. The molecular formula is C28H27ClN8O2. The lowest BCUT2D eigenvalue weighted by Gasteiger charge is -2.28. The van der Waals surface area contributed by atoms with Crippen molar-refractivity contribution in [2.45, 2.75) is 32.2 Å². The first-order valence-electron chi connectivity index (χ1n) is 12.9. The Kier molecular flexibility index (Phi) is 6.31. The number of anilines is 1. The average molecular weight is 543 g/mol. The Bertz CT molecular complexity index is 1580. The van der Waals surface area contributed by atoms with Gasteiger partial charge in [0.25, 0.3) is 5.91 Å². The van der Waals surface area contributed by atoms with Crippen molar-refractivity contribution in [3.05, 3.63) is 65.5 Å². The molecule has 0 bridgehead atoms. The second-order valence-corrected chi connectivity index (χ2v) is 10.8. The molecule has 1 saturated heterocycles. The molecule has 3 atom stereocenters. The lowest BCUT2D eigenvalue weighted by atomic mass is 9.97. The molecule has 1 saturated carbocycles. The second kappa shape index (κ2) is 9.82. The fourth-order valence-corrected chi connectivity index (χ4v) is 6.27. The third-order valence-corrected chi connectivity index (χ3v) is 7.95. The zero-order chi connectivity index (χ0) is 27.1. The highest BCUT2D eigenvalue weighted by atomic mass is 35.5. The average Bonchev–Trinajstić information content (AvgIpc) is 3.60. The highest BCUT2D eigenvalue weighted by Gasteiger charge is 2.48. The summed E-state index contributed by atoms with van der Waals surface area (Å²) in [6, 6.07) is 7.47. The van der Waals surface area contributed by atoms with Crippen molar-refractivity contribution in [2.75, 3.05) is 24.6 Å². The maximum atomic E-state index is 12.8. The number of ether oxygens (including phenoxy) is 1. The third kappa shape index (κ3) is 4.63. The number of carbonyl (C=O) groups excluding carboxylic acids is 1. The molecule has 198 valence electrons. The van der Waals surface area contributed by atoms with Gasteiger partial charge in [0.1, 0.15) is 23.3 Å². The summed E-state index contributed by atoms with van der Waals surface area (Å²) in [4.78, 5) is 28.7. The van der Waals surface area contributed by atoms with Gasteiger partial charge in [0.15, 0.2) is 0 Å². The number of hydrogen-bond donors (Lipinski definition) is 1. The predicted octanol–water partition coefficient (Wildman–Crippen LogP) is 4.14. The number of fused-ring (bicyclic) bond motifs is 2. The van der Waals surface area contributed by atoms with Gasteiger partial charge in [-0.2, -0.15) is 10.4 Å². The van der Waals surface area contributed by atoms with Crippen molar-refractivity contribution in [3.8, 4) is 23.1 Å². The molecule has 0 spiro atoms. The van der Waals surface area contributed by atoms with Crippen LogP contribution in [0.3, 0.4) is 0 Å². The van der Waals surface area contributed by atoms with E-state index in [-0.39, 0.29) is 17.1 Å². The van der Waals surface area contributed by atoms with E-state index in [0.29, 0.717) is 46.0 Å². The number of amides is 1. The first-order valence-corrected chi connectivity index (χ1v) is 13.3. The summed E-state index contributed by atoms with van der Waals surface area (Å²) in [7, 11) is 0. The lowest BCUT2D eigenvalue weighted by Crippen LogP contribution is -2.45. The minimum atomic E-state index is -0.310. The van der Waals surface area contributed by atoms with Crippen LogP contribution < -0.4 is 15.0 Å². The van der Waals surface area contributed by atoms with Crippen molar-refractivity contribution in [1.29, 1.82) is 5.26 Å². The molecule has 10 nitrogen and oxygen atoms in total. The Morgan fingerprint density at radius 2 is 2.03 bits per heavy atom. The third-order valence-electron chi connectivity index (χ3n) is 7.65. The fourth-order valence-electron chi connectivity index (χ4n) is 6.06. The molecular weight excluding hydrogens is 516 g/mol. The molecule has 11 heteroatoms. The Labute approximate surface area is 230 Å². The largest absolute Gasteiger partial charge is 0.492 e. The van der Waals surface area contributed by atoms with E-state index in [4.69, 9.17) is 26.3 Å². The number of pyridine rings is 2. The molecule has 0 unspecified atom stereocenters. The van der Waals surface area contributed by atoms with Gasteiger partial charge in [-0.05, 0) is 56.7 Å². The number of rotatable bonds is 6. The van der Waals surface area contributed by atoms with Gasteiger partial charge >= 0.3 is 0 Å². The molecule has 4 aromatic rings. The molecule has 1 amide bonds. The van der Waals surface area contributed by atoms with Crippen molar-refractivity contribution >= 4 is 28.8 Å². The summed E-state index contributed by atoms with van der Waals surface area (Å²) in [6.07, 6.45) is 10.1. The molecule has 5 heterocycles. The van der Waals surface area contributed by atoms with E-state index in [1.807, 2.05) is 13.0 Å². The van der Waals surface area contributed by atoms with E-state index >= 15 is 0 Å². The summed E-state index contributed by atoms with van der Waals surface area (Å²) in [6.45, 7) is 6.22. The van der Waals surface area contributed by atoms with E-state index in [0.717, 1.165) is 37.3 Å². The van der Waals surface area contributed by atoms with E-state index in [1.54, 1.807) is 47.6 Å². The van der Waals surface area contributed by atoms with Gasteiger partial charge in [-0.1, -0.05) is 11.6 Å². The zero-order valence-corrected chi connectivity index (χ0v) is 22.4. The molecule has 1 aliphatic carbocycles. The summed E-state index contributed by atoms with van der Waals surface area (Å²) in [5, 5.41) is 17.4. The number of halogens is 1. The Balaban J connectivity index is 1.17. The molecule has 0 aromatic carbocycles. The van der Waals surface area contributed by atoms with Gasteiger partial charge in [-0.25, -0.2) is 14.5 Å². The van der Waals surface area contributed by atoms with Crippen LogP contribution in [0.15, 0.2) is 49.2 Å². The van der Waals surface area contributed by atoms with Gasteiger partial charge in [0, 0.05) is 30.4 Å². The maximum absolute atomic E-state index is 12.8. The molecule has 6 rings (SSSR count). The number of nitrogens with one attached hydrogen (secondary N) is 1. The van der Waals surface area contributed by atoms with Crippen LogP contribution in [0.25, 0.3) is 16.8 Å². The SMILES string of the molecule is CCOc1cc(-c2cnc(N3C[C@@H]4C[C@@](C)(NC(=O)c5ncccc5Cl)C[C@@H]4C3)cn2)c2c(C#N)cnn2c1. The number of hydrogen-bond acceptors (Lipinski definition) is 8.